The highest BCUT2D eigenvalue weighted by molar-refractivity contribution is 14.0. The number of nitrogens with one attached hydrogen (secondary N) is 2. The van der Waals surface area contributed by atoms with Crippen LogP contribution in [0.3, 0.4) is 0 Å². The van der Waals surface area contributed by atoms with Crippen LogP contribution in [0.1, 0.15) is 38.2 Å². The molecule has 5 nitrogen and oxygen atoms in total. The number of aryl methyl sites for hydroxylation is 3. The molecule has 0 saturated heterocycles. The van der Waals surface area contributed by atoms with Crippen LogP contribution < -0.4 is 10.6 Å². The Morgan fingerprint density at radius 2 is 1.50 bits per heavy atom. The second kappa shape index (κ2) is 11.0. The topological polar surface area (TPSA) is 56.7 Å². The molecule has 2 N–H and O–H groups in total. The quantitative estimate of drug-likeness (QED) is 0.378. The van der Waals surface area contributed by atoms with Gasteiger partial charge in [-0.15, -0.1) is 24.0 Å². The van der Waals surface area contributed by atoms with Crippen molar-refractivity contribution in [1.29, 1.82) is 0 Å². The van der Waals surface area contributed by atoms with E-state index in [0.29, 0.717) is 12.1 Å². The maximum atomic E-state index is 11.9. The number of benzene rings is 2. The predicted molar refractivity (Wildman–Crippen MR) is 128 cm³/mol. The molecule has 0 fully saturated rings. The van der Waals surface area contributed by atoms with Gasteiger partial charge < -0.3 is 15.5 Å². The van der Waals surface area contributed by atoms with Gasteiger partial charge in [-0.1, -0.05) is 29.8 Å². The van der Waals surface area contributed by atoms with Crippen molar-refractivity contribution in [3.05, 3.63) is 69.8 Å². The van der Waals surface area contributed by atoms with Crippen molar-refractivity contribution in [1.82, 2.24) is 15.5 Å². The van der Waals surface area contributed by atoms with Crippen LogP contribution in [0.5, 0.6) is 0 Å². The summed E-state index contributed by atoms with van der Waals surface area (Å²) >= 11 is 0. The highest BCUT2D eigenvalue weighted by Crippen LogP contribution is 2.16. The molecule has 2 rings (SSSR count). The van der Waals surface area contributed by atoms with Gasteiger partial charge >= 0.3 is 0 Å². The van der Waals surface area contributed by atoms with Crippen molar-refractivity contribution in [3.63, 3.8) is 0 Å². The first-order valence-corrected chi connectivity index (χ1v) is 9.13. The Hall–Kier alpha value is -2.09. The van der Waals surface area contributed by atoms with E-state index >= 15 is 0 Å². The summed E-state index contributed by atoms with van der Waals surface area (Å²) in [6.45, 7) is 7.78. The molecule has 0 bridgehead atoms. The third-order valence-electron chi connectivity index (χ3n) is 4.56. The van der Waals surface area contributed by atoms with E-state index in [9.17, 15) is 4.79 Å². The van der Waals surface area contributed by atoms with Gasteiger partial charge in [-0.25, -0.2) is 0 Å². The number of amides is 1. The fourth-order valence-electron chi connectivity index (χ4n) is 3.09. The van der Waals surface area contributed by atoms with Crippen LogP contribution in [0.4, 0.5) is 0 Å². The summed E-state index contributed by atoms with van der Waals surface area (Å²) in [7, 11) is 5.28. The van der Waals surface area contributed by atoms with Gasteiger partial charge in [0.1, 0.15) is 0 Å². The first-order valence-electron chi connectivity index (χ1n) is 9.13. The normalized spacial score (nSPS) is 10.9. The number of hydrogen-bond acceptors (Lipinski definition) is 2. The molecule has 0 atom stereocenters. The number of halogens is 1. The summed E-state index contributed by atoms with van der Waals surface area (Å²) in [6, 6.07) is 12.0. The van der Waals surface area contributed by atoms with E-state index in [1.165, 1.54) is 22.3 Å². The number of nitrogens with zero attached hydrogens (tertiary/aromatic N) is 2. The fourth-order valence-corrected chi connectivity index (χ4v) is 3.09. The monoisotopic (exact) mass is 494 g/mol. The van der Waals surface area contributed by atoms with Crippen molar-refractivity contribution in [2.45, 2.75) is 33.9 Å². The van der Waals surface area contributed by atoms with E-state index in [0.717, 1.165) is 18.1 Å². The largest absolute Gasteiger partial charge is 0.352 e. The molecule has 0 aliphatic carbocycles. The first kappa shape index (κ1) is 23.9. The van der Waals surface area contributed by atoms with Crippen molar-refractivity contribution < 1.29 is 4.79 Å². The second-order valence-corrected chi connectivity index (χ2v) is 7.05. The smallest absolute Gasteiger partial charge is 0.253 e. The number of carbonyl (C=O) groups is 1. The van der Waals surface area contributed by atoms with Gasteiger partial charge in [0.15, 0.2) is 5.96 Å². The van der Waals surface area contributed by atoms with Gasteiger partial charge in [-0.2, -0.15) is 0 Å². The molecule has 1 amide bonds. The second-order valence-electron chi connectivity index (χ2n) is 7.05. The van der Waals surface area contributed by atoms with Crippen LogP contribution >= 0.6 is 24.0 Å². The summed E-state index contributed by atoms with van der Waals surface area (Å²) in [5.41, 5.74) is 6.95. The van der Waals surface area contributed by atoms with Crippen molar-refractivity contribution in [2.75, 3.05) is 21.1 Å². The van der Waals surface area contributed by atoms with Gasteiger partial charge in [0.05, 0.1) is 0 Å². The zero-order valence-corrected chi connectivity index (χ0v) is 19.9. The van der Waals surface area contributed by atoms with E-state index < -0.39 is 0 Å². The lowest BCUT2D eigenvalue weighted by atomic mass is 10.00. The van der Waals surface area contributed by atoms with Crippen molar-refractivity contribution >= 4 is 35.8 Å². The molecule has 0 radical (unpaired) electrons. The maximum Gasteiger partial charge on any atom is 0.253 e. The van der Waals surface area contributed by atoms with E-state index in [1.807, 2.05) is 24.3 Å². The van der Waals surface area contributed by atoms with Crippen LogP contribution in [0.2, 0.25) is 0 Å². The molecule has 0 heterocycles. The van der Waals surface area contributed by atoms with Crippen LogP contribution in [-0.2, 0) is 13.1 Å². The molecule has 152 valence electrons. The van der Waals surface area contributed by atoms with Gasteiger partial charge in [-0.3, -0.25) is 9.79 Å². The summed E-state index contributed by atoms with van der Waals surface area (Å²) in [5, 5.41) is 6.70. The lowest BCUT2D eigenvalue weighted by Crippen LogP contribution is -2.36. The van der Waals surface area contributed by atoms with Crippen LogP contribution in [-0.4, -0.2) is 37.9 Å². The minimum atomic E-state index is 0. The molecule has 0 unspecified atom stereocenters. The molecule has 0 aromatic heterocycles. The third kappa shape index (κ3) is 6.51. The Balaban J connectivity index is 0.00000392. The van der Waals surface area contributed by atoms with E-state index in [4.69, 9.17) is 0 Å². The molecule has 6 heteroatoms. The third-order valence-corrected chi connectivity index (χ3v) is 4.56. The fraction of sp³-hybridized carbons (Fsp3) is 0.364. The lowest BCUT2D eigenvalue weighted by molar-refractivity contribution is 0.0827. The number of guanidine groups is 1. The molecule has 2 aromatic rings. The SMILES string of the molecule is CN=C(NCc1ccc(C(=O)N(C)C)cc1)NCc1c(C)cc(C)cc1C.I. The summed E-state index contributed by atoms with van der Waals surface area (Å²) < 4.78 is 0. The Labute approximate surface area is 185 Å². The molecule has 0 saturated carbocycles. The first-order chi connectivity index (χ1) is 12.8. The Bertz CT molecular complexity index is 806. The average molecular weight is 494 g/mol. The molecular weight excluding hydrogens is 463 g/mol. The summed E-state index contributed by atoms with van der Waals surface area (Å²) in [5.74, 6) is 0.763. The molecule has 0 aliphatic heterocycles. The molecule has 0 spiro atoms. The number of rotatable bonds is 5. The van der Waals surface area contributed by atoms with E-state index in [2.05, 4.69) is 48.5 Å². The van der Waals surface area contributed by atoms with Crippen LogP contribution in [0, 0.1) is 20.8 Å². The molecule has 28 heavy (non-hydrogen) atoms. The van der Waals surface area contributed by atoms with Gasteiger partial charge in [-0.05, 0) is 55.2 Å². The minimum Gasteiger partial charge on any atom is -0.352 e. The molecular formula is C22H31IN4O. The Kier molecular flexibility index (Phi) is 9.45. The van der Waals surface area contributed by atoms with E-state index in [-0.39, 0.29) is 29.9 Å². The zero-order chi connectivity index (χ0) is 20.0. The highest BCUT2D eigenvalue weighted by Gasteiger charge is 2.08. The lowest BCUT2D eigenvalue weighted by Gasteiger charge is -2.16. The Morgan fingerprint density at radius 1 is 0.964 bits per heavy atom. The summed E-state index contributed by atoms with van der Waals surface area (Å²) in [4.78, 5) is 17.8. The number of aliphatic imine (C=N–C) groups is 1. The van der Waals surface area contributed by atoms with Gasteiger partial charge in [0.25, 0.3) is 5.91 Å². The minimum absolute atomic E-state index is 0. The predicted octanol–water partition coefficient (Wildman–Crippen LogP) is 3.80. The van der Waals surface area contributed by atoms with E-state index in [1.54, 1.807) is 26.0 Å². The number of carbonyl (C=O) groups excluding carboxylic acids is 1. The Morgan fingerprint density at radius 3 is 2.00 bits per heavy atom. The maximum absolute atomic E-state index is 11.9. The zero-order valence-electron chi connectivity index (χ0n) is 17.6. The standard InChI is InChI=1S/C22H30N4O.HI/c1-15-11-16(2)20(17(3)12-15)14-25-22(23-4)24-13-18-7-9-19(10-8-18)21(27)26(5)6;/h7-12H,13-14H2,1-6H3,(H2,23,24,25);1H. The van der Waals surface area contributed by atoms with Crippen LogP contribution in [0.15, 0.2) is 41.4 Å². The van der Waals surface area contributed by atoms with Crippen molar-refractivity contribution in [2.24, 2.45) is 4.99 Å². The number of hydrogen-bond donors (Lipinski definition) is 2. The van der Waals surface area contributed by atoms with Crippen molar-refractivity contribution in [3.8, 4) is 0 Å². The molecule has 0 aliphatic rings. The van der Waals surface area contributed by atoms with Gasteiger partial charge in [0, 0.05) is 39.8 Å². The van der Waals surface area contributed by atoms with Crippen LogP contribution in [0.25, 0.3) is 0 Å². The molecule has 2 aromatic carbocycles. The highest BCUT2D eigenvalue weighted by atomic mass is 127. The van der Waals surface area contributed by atoms with Gasteiger partial charge in [0.2, 0.25) is 0 Å². The average Bonchev–Trinajstić information content (AvgIpc) is 2.63. The summed E-state index contributed by atoms with van der Waals surface area (Å²) in [6.07, 6.45) is 0.